The van der Waals surface area contributed by atoms with E-state index in [0.717, 1.165) is 6.42 Å². The van der Waals surface area contributed by atoms with Gasteiger partial charge in [0.05, 0.1) is 19.8 Å². The quantitative estimate of drug-likeness (QED) is 0.926. The molecule has 3 atom stereocenters. The van der Waals surface area contributed by atoms with Crippen molar-refractivity contribution in [3.63, 3.8) is 0 Å². The first-order chi connectivity index (χ1) is 10.1. The summed E-state index contributed by atoms with van der Waals surface area (Å²) in [6.07, 6.45) is 3.48. The number of carbonyl (C=O) groups is 1. The molecule has 1 aliphatic carbocycles. The third-order valence-corrected chi connectivity index (χ3v) is 4.68. The Bertz CT molecular complexity index is 501. The van der Waals surface area contributed by atoms with Crippen molar-refractivity contribution >= 4 is 5.91 Å². The van der Waals surface area contributed by atoms with Crippen molar-refractivity contribution in [2.75, 3.05) is 14.2 Å². The molecule has 1 amide bonds. The van der Waals surface area contributed by atoms with Crippen LogP contribution in [0.5, 0.6) is 11.5 Å². The average Bonchev–Trinajstić information content (AvgIpc) is 2.51. The van der Waals surface area contributed by atoms with Gasteiger partial charge in [0.15, 0.2) is 0 Å². The fraction of sp³-hybridized carbons (Fsp3) is 0.588. The topological polar surface area (TPSA) is 47.6 Å². The van der Waals surface area contributed by atoms with E-state index in [9.17, 15) is 4.79 Å². The molecule has 0 bridgehead atoms. The van der Waals surface area contributed by atoms with E-state index in [1.54, 1.807) is 32.4 Å². The normalized spacial score (nSPS) is 25.2. The van der Waals surface area contributed by atoms with Crippen molar-refractivity contribution in [1.82, 2.24) is 5.32 Å². The van der Waals surface area contributed by atoms with Gasteiger partial charge in [-0.05, 0) is 30.4 Å². The molecule has 1 aromatic rings. The van der Waals surface area contributed by atoms with Gasteiger partial charge in [-0.15, -0.1) is 0 Å². The lowest BCUT2D eigenvalue weighted by atomic mass is 9.78. The van der Waals surface area contributed by atoms with Gasteiger partial charge in [-0.25, -0.2) is 0 Å². The van der Waals surface area contributed by atoms with Crippen LogP contribution in [0, 0.1) is 11.8 Å². The van der Waals surface area contributed by atoms with Crippen LogP contribution in [0.25, 0.3) is 0 Å². The van der Waals surface area contributed by atoms with Crippen LogP contribution in [-0.4, -0.2) is 26.2 Å². The molecule has 116 valence electrons. The molecule has 1 fully saturated rings. The zero-order valence-electron chi connectivity index (χ0n) is 13.3. The number of methoxy groups -OCH3 is 2. The lowest BCUT2D eigenvalue weighted by molar-refractivity contribution is 0.0888. The zero-order chi connectivity index (χ0) is 15.4. The van der Waals surface area contributed by atoms with Gasteiger partial charge in [-0.3, -0.25) is 4.79 Å². The van der Waals surface area contributed by atoms with Crippen LogP contribution in [0.3, 0.4) is 0 Å². The summed E-state index contributed by atoms with van der Waals surface area (Å²) >= 11 is 0. The van der Waals surface area contributed by atoms with Gasteiger partial charge < -0.3 is 14.8 Å². The lowest BCUT2D eigenvalue weighted by Gasteiger charge is -2.34. The molecule has 3 unspecified atom stereocenters. The molecule has 1 N–H and O–H groups in total. The molecule has 0 saturated heterocycles. The molecule has 4 heteroatoms. The Morgan fingerprint density at radius 1 is 1.19 bits per heavy atom. The lowest BCUT2D eigenvalue weighted by Crippen LogP contribution is -2.43. The summed E-state index contributed by atoms with van der Waals surface area (Å²) < 4.78 is 10.5. The molecule has 4 nitrogen and oxygen atoms in total. The van der Waals surface area contributed by atoms with Crippen molar-refractivity contribution in [1.29, 1.82) is 0 Å². The molecule has 2 rings (SSSR count). The summed E-state index contributed by atoms with van der Waals surface area (Å²) in [4.78, 5) is 12.5. The van der Waals surface area contributed by atoms with Gasteiger partial charge in [0.1, 0.15) is 11.5 Å². The summed E-state index contributed by atoms with van der Waals surface area (Å²) in [5, 5.41) is 3.17. The molecule has 0 spiro atoms. The summed E-state index contributed by atoms with van der Waals surface area (Å²) in [6.45, 7) is 4.48. The second-order valence-electron chi connectivity index (χ2n) is 5.91. The van der Waals surface area contributed by atoms with Gasteiger partial charge in [0, 0.05) is 12.1 Å². The number of hydrogen-bond donors (Lipinski definition) is 1. The van der Waals surface area contributed by atoms with Crippen LogP contribution in [0.2, 0.25) is 0 Å². The number of ether oxygens (including phenoxy) is 2. The highest BCUT2D eigenvalue weighted by molar-refractivity contribution is 5.97. The second kappa shape index (κ2) is 6.83. The standard InChI is InChI=1S/C17H25NO3/c1-11-6-5-7-15(12(11)2)18-17(19)14-9-8-13(20-3)10-16(14)21-4/h8-12,15H,5-7H2,1-4H3,(H,18,19). The van der Waals surface area contributed by atoms with E-state index in [-0.39, 0.29) is 11.9 Å². The third kappa shape index (κ3) is 3.49. The number of rotatable bonds is 4. The highest BCUT2D eigenvalue weighted by Crippen LogP contribution is 2.30. The predicted octanol–water partition coefficient (Wildman–Crippen LogP) is 3.26. The van der Waals surface area contributed by atoms with E-state index < -0.39 is 0 Å². The Balaban J connectivity index is 2.13. The van der Waals surface area contributed by atoms with Gasteiger partial charge in [0.2, 0.25) is 0 Å². The van der Waals surface area contributed by atoms with Crippen LogP contribution in [-0.2, 0) is 0 Å². The summed E-state index contributed by atoms with van der Waals surface area (Å²) in [7, 11) is 3.16. The van der Waals surface area contributed by atoms with E-state index in [1.807, 2.05) is 0 Å². The maximum absolute atomic E-state index is 12.5. The zero-order valence-corrected chi connectivity index (χ0v) is 13.3. The van der Waals surface area contributed by atoms with Crippen molar-refractivity contribution in [3.05, 3.63) is 23.8 Å². The minimum atomic E-state index is -0.0690. The number of hydrogen-bond acceptors (Lipinski definition) is 3. The van der Waals surface area contributed by atoms with Crippen LogP contribution < -0.4 is 14.8 Å². The number of amides is 1. The fourth-order valence-electron chi connectivity index (χ4n) is 3.02. The van der Waals surface area contributed by atoms with E-state index >= 15 is 0 Å². The maximum Gasteiger partial charge on any atom is 0.255 e. The Labute approximate surface area is 126 Å². The highest BCUT2D eigenvalue weighted by Gasteiger charge is 2.29. The van der Waals surface area contributed by atoms with Crippen molar-refractivity contribution in [2.24, 2.45) is 11.8 Å². The number of carbonyl (C=O) groups excluding carboxylic acids is 1. The van der Waals surface area contributed by atoms with E-state index in [1.165, 1.54) is 12.8 Å². The Hall–Kier alpha value is -1.71. The SMILES string of the molecule is COc1ccc(C(=O)NC2CCCC(C)C2C)c(OC)c1. The van der Waals surface area contributed by atoms with E-state index in [2.05, 4.69) is 19.2 Å². The molecule has 0 aliphatic heterocycles. The maximum atomic E-state index is 12.5. The fourth-order valence-corrected chi connectivity index (χ4v) is 3.02. The molecular weight excluding hydrogens is 266 g/mol. The number of nitrogens with one attached hydrogen (secondary N) is 1. The van der Waals surface area contributed by atoms with E-state index in [0.29, 0.717) is 28.9 Å². The van der Waals surface area contributed by atoms with Gasteiger partial charge in [0.25, 0.3) is 5.91 Å². The molecule has 1 aromatic carbocycles. The van der Waals surface area contributed by atoms with Gasteiger partial charge in [-0.2, -0.15) is 0 Å². The first-order valence-electron chi connectivity index (χ1n) is 7.59. The average molecular weight is 291 g/mol. The first-order valence-corrected chi connectivity index (χ1v) is 7.59. The van der Waals surface area contributed by atoms with Crippen LogP contribution >= 0.6 is 0 Å². The van der Waals surface area contributed by atoms with Crippen molar-refractivity contribution < 1.29 is 14.3 Å². The van der Waals surface area contributed by atoms with Crippen LogP contribution in [0.1, 0.15) is 43.5 Å². The van der Waals surface area contributed by atoms with Crippen molar-refractivity contribution in [3.8, 4) is 11.5 Å². The molecule has 21 heavy (non-hydrogen) atoms. The predicted molar refractivity (Wildman–Crippen MR) is 83.0 cm³/mol. The van der Waals surface area contributed by atoms with Gasteiger partial charge >= 0.3 is 0 Å². The first kappa shape index (κ1) is 15.7. The molecule has 1 aliphatic rings. The minimum absolute atomic E-state index is 0.0690. The summed E-state index contributed by atoms with van der Waals surface area (Å²) in [5.74, 6) is 2.32. The molecule has 0 heterocycles. The largest absolute Gasteiger partial charge is 0.497 e. The second-order valence-corrected chi connectivity index (χ2v) is 5.91. The smallest absolute Gasteiger partial charge is 0.255 e. The van der Waals surface area contributed by atoms with Gasteiger partial charge in [-0.1, -0.05) is 26.7 Å². The third-order valence-electron chi connectivity index (χ3n) is 4.68. The highest BCUT2D eigenvalue weighted by atomic mass is 16.5. The molecule has 0 aromatic heterocycles. The minimum Gasteiger partial charge on any atom is -0.497 e. The van der Waals surface area contributed by atoms with E-state index in [4.69, 9.17) is 9.47 Å². The molecule has 1 saturated carbocycles. The summed E-state index contributed by atoms with van der Waals surface area (Å²) in [5.41, 5.74) is 0.559. The Morgan fingerprint density at radius 3 is 2.62 bits per heavy atom. The molecule has 0 radical (unpaired) electrons. The van der Waals surface area contributed by atoms with Crippen LogP contribution in [0.15, 0.2) is 18.2 Å². The monoisotopic (exact) mass is 291 g/mol. The molecular formula is C17H25NO3. The Morgan fingerprint density at radius 2 is 1.95 bits per heavy atom. The summed E-state index contributed by atoms with van der Waals surface area (Å²) in [6, 6.07) is 5.52. The van der Waals surface area contributed by atoms with Crippen molar-refractivity contribution in [2.45, 2.75) is 39.2 Å². The number of benzene rings is 1. The Kier molecular flexibility index (Phi) is 5.10. The van der Waals surface area contributed by atoms with Crippen LogP contribution in [0.4, 0.5) is 0 Å².